The first-order valence-electron chi connectivity index (χ1n) is 13.9. The molecule has 0 bridgehead atoms. The maximum absolute atomic E-state index is 11.4. The van der Waals surface area contributed by atoms with Crippen LogP contribution in [0.3, 0.4) is 0 Å². The third-order valence-electron chi connectivity index (χ3n) is 5.17. The number of ether oxygens (including phenoxy) is 8. The molecule has 3 amide bonds. The maximum Gasteiger partial charge on any atom is 0.245 e. The molecule has 0 radical (unpaired) electrons. The summed E-state index contributed by atoms with van der Waals surface area (Å²) in [4.78, 5) is 34.1. The largest absolute Gasteiger partial charge is 0.378 e. The van der Waals surface area contributed by atoms with Crippen LogP contribution in [0.15, 0.2) is 0 Å². The number of likely N-dealkylation sites (N-methyl/N-ethyl adjacent to an activating group) is 3. The molecule has 0 aromatic rings. The van der Waals surface area contributed by atoms with Crippen LogP contribution in [0.1, 0.15) is 6.92 Å². The molecule has 0 aromatic carbocycles. The van der Waals surface area contributed by atoms with E-state index >= 15 is 0 Å². The lowest BCUT2D eigenvalue weighted by molar-refractivity contribution is -0.131. The van der Waals surface area contributed by atoms with Crippen molar-refractivity contribution in [2.75, 3.05) is 138 Å². The van der Waals surface area contributed by atoms with E-state index < -0.39 is 5.41 Å². The number of hydrogen-bond donors (Lipinski definition) is 3. The molecule has 0 aromatic heterocycles. The van der Waals surface area contributed by atoms with Crippen molar-refractivity contribution in [1.82, 2.24) is 16.0 Å². The predicted molar refractivity (Wildman–Crippen MR) is 162 cm³/mol. The van der Waals surface area contributed by atoms with Gasteiger partial charge in [-0.2, -0.15) is 0 Å². The molecule has 0 spiro atoms. The summed E-state index contributed by atoms with van der Waals surface area (Å²) in [5, 5.41) is 7.48. The van der Waals surface area contributed by atoms with Gasteiger partial charge in [0, 0.05) is 32.6 Å². The fourth-order valence-electron chi connectivity index (χ4n) is 2.92. The summed E-state index contributed by atoms with van der Waals surface area (Å²) < 4.78 is 45.3. The molecule has 0 heterocycles. The summed E-state index contributed by atoms with van der Waals surface area (Å²) in [6, 6.07) is 0. The maximum atomic E-state index is 11.4. The quantitative estimate of drug-likeness (QED) is 0.0669. The molecule has 0 aliphatic rings. The molecule has 0 fully saturated rings. The normalized spacial score (nSPS) is 11.4. The zero-order valence-corrected chi connectivity index (χ0v) is 27.2. The van der Waals surface area contributed by atoms with Crippen molar-refractivity contribution in [2.45, 2.75) is 6.92 Å². The highest BCUT2D eigenvalue weighted by atomic mass is 33.1. The van der Waals surface area contributed by atoms with Gasteiger partial charge in [-0.05, 0) is 0 Å². The SMILES string of the molecule is CCSSCCOCCOCC(COCCOCC(=O)NC)(COCCOCC(=O)NC)COCCOCC(=O)NC. The standard InChI is InChI=1S/C26H51N3O11S2/c1-5-41-42-15-14-33-6-10-37-19-26(20-38-11-7-34-16-23(30)27-2,21-39-12-8-35-17-24(31)28-3)22-40-13-9-36-18-25(32)29-4/h5-22H2,1-4H3,(H,27,30)(H,28,31)(H,29,32). The molecule has 0 saturated heterocycles. The lowest BCUT2D eigenvalue weighted by atomic mass is 9.92. The van der Waals surface area contributed by atoms with Crippen LogP contribution in [0, 0.1) is 5.41 Å². The van der Waals surface area contributed by atoms with Crippen LogP contribution in [0.2, 0.25) is 0 Å². The average Bonchev–Trinajstić information content (AvgIpc) is 3.00. The van der Waals surface area contributed by atoms with Gasteiger partial charge in [0.15, 0.2) is 0 Å². The minimum atomic E-state index is -0.698. The van der Waals surface area contributed by atoms with Crippen molar-refractivity contribution in [3.63, 3.8) is 0 Å². The minimum absolute atomic E-state index is 0.0535. The summed E-state index contributed by atoms with van der Waals surface area (Å²) >= 11 is 0. The molecule has 14 nitrogen and oxygen atoms in total. The highest BCUT2D eigenvalue weighted by Gasteiger charge is 2.32. The highest BCUT2D eigenvalue weighted by Crippen LogP contribution is 2.21. The first-order valence-corrected chi connectivity index (χ1v) is 16.4. The third kappa shape index (κ3) is 25.3. The van der Waals surface area contributed by atoms with Gasteiger partial charge in [0.2, 0.25) is 17.7 Å². The molecule has 0 saturated carbocycles. The van der Waals surface area contributed by atoms with Crippen molar-refractivity contribution >= 4 is 39.3 Å². The Kier molecular flexibility index (Phi) is 29.0. The molecule has 0 atom stereocenters. The molecule has 248 valence electrons. The number of amides is 3. The molecule has 3 N–H and O–H groups in total. The van der Waals surface area contributed by atoms with Crippen LogP contribution >= 0.6 is 21.6 Å². The van der Waals surface area contributed by atoms with Crippen LogP contribution in [0.4, 0.5) is 0 Å². The second-order valence-electron chi connectivity index (χ2n) is 8.73. The van der Waals surface area contributed by atoms with Gasteiger partial charge in [-0.3, -0.25) is 14.4 Å². The zero-order chi connectivity index (χ0) is 31.2. The Bertz CT molecular complexity index is 612. The van der Waals surface area contributed by atoms with Gasteiger partial charge in [0.1, 0.15) is 19.8 Å². The molecule has 0 rings (SSSR count). The monoisotopic (exact) mass is 645 g/mol. The Balaban J connectivity index is 4.98. The van der Waals surface area contributed by atoms with Crippen molar-refractivity contribution in [1.29, 1.82) is 0 Å². The summed E-state index contributed by atoms with van der Waals surface area (Å²) in [5.41, 5.74) is -0.698. The van der Waals surface area contributed by atoms with E-state index in [9.17, 15) is 14.4 Å². The third-order valence-corrected chi connectivity index (χ3v) is 7.61. The Morgan fingerprint density at radius 2 is 0.833 bits per heavy atom. The fourth-order valence-corrected chi connectivity index (χ4v) is 4.45. The lowest BCUT2D eigenvalue weighted by Gasteiger charge is -2.33. The zero-order valence-electron chi connectivity index (χ0n) is 25.5. The molecule has 42 heavy (non-hydrogen) atoms. The van der Waals surface area contributed by atoms with Crippen LogP contribution in [-0.4, -0.2) is 156 Å². The van der Waals surface area contributed by atoms with E-state index in [1.165, 1.54) is 0 Å². The van der Waals surface area contributed by atoms with E-state index in [0.29, 0.717) is 19.8 Å². The first kappa shape index (κ1) is 40.8. The second kappa shape index (κ2) is 29.8. The molecular formula is C26H51N3O11S2. The Labute approximate surface area is 258 Å². The Morgan fingerprint density at radius 1 is 0.500 bits per heavy atom. The van der Waals surface area contributed by atoms with Gasteiger partial charge < -0.3 is 53.8 Å². The van der Waals surface area contributed by atoms with E-state index in [1.807, 2.05) is 0 Å². The van der Waals surface area contributed by atoms with Crippen molar-refractivity contribution in [3.05, 3.63) is 0 Å². The van der Waals surface area contributed by atoms with E-state index in [-0.39, 0.29) is 104 Å². The summed E-state index contributed by atoms with van der Waals surface area (Å²) in [5.74, 6) is 1.30. The highest BCUT2D eigenvalue weighted by molar-refractivity contribution is 8.76. The van der Waals surface area contributed by atoms with Gasteiger partial charge >= 0.3 is 0 Å². The predicted octanol–water partition coefficient (Wildman–Crippen LogP) is -0.255. The van der Waals surface area contributed by atoms with Gasteiger partial charge in [0.05, 0.1) is 91.3 Å². The van der Waals surface area contributed by atoms with Crippen molar-refractivity contribution in [2.24, 2.45) is 5.41 Å². The number of carbonyl (C=O) groups is 3. The summed E-state index contributed by atoms with van der Waals surface area (Å²) in [6.45, 7) is 5.80. The Morgan fingerprint density at radius 3 is 1.17 bits per heavy atom. The van der Waals surface area contributed by atoms with Gasteiger partial charge in [-0.15, -0.1) is 0 Å². The van der Waals surface area contributed by atoms with Crippen LogP contribution in [0.25, 0.3) is 0 Å². The number of hydrogen-bond acceptors (Lipinski definition) is 13. The number of nitrogens with one attached hydrogen (secondary N) is 3. The molecule has 16 heteroatoms. The molecule has 0 aliphatic carbocycles. The first-order chi connectivity index (χ1) is 20.4. The van der Waals surface area contributed by atoms with Gasteiger partial charge in [-0.1, -0.05) is 28.5 Å². The molecular weight excluding hydrogens is 594 g/mol. The van der Waals surface area contributed by atoms with E-state index in [0.717, 1.165) is 11.5 Å². The van der Waals surface area contributed by atoms with E-state index in [4.69, 9.17) is 37.9 Å². The fraction of sp³-hybridized carbons (Fsp3) is 0.885. The minimum Gasteiger partial charge on any atom is -0.378 e. The summed E-state index contributed by atoms with van der Waals surface area (Å²) in [7, 11) is 8.20. The topological polar surface area (TPSA) is 161 Å². The van der Waals surface area contributed by atoms with Crippen molar-refractivity contribution < 1.29 is 52.3 Å². The second-order valence-corrected chi connectivity index (χ2v) is 11.6. The molecule has 0 aliphatic heterocycles. The van der Waals surface area contributed by atoms with Crippen LogP contribution < -0.4 is 16.0 Å². The lowest BCUT2D eigenvalue weighted by Crippen LogP contribution is -2.43. The smallest absolute Gasteiger partial charge is 0.245 e. The average molecular weight is 646 g/mol. The van der Waals surface area contributed by atoms with Gasteiger partial charge in [0.25, 0.3) is 0 Å². The molecule has 0 unspecified atom stereocenters. The number of carbonyl (C=O) groups excluding carboxylic acids is 3. The Hall–Kier alpha value is -1.21. The van der Waals surface area contributed by atoms with Crippen LogP contribution in [0.5, 0.6) is 0 Å². The van der Waals surface area contributed by atoms with Gasteiger partial charge in [-0.25, -0.2) is 0 Å². The van der Waals surface area contributed by atoms with Crippen LogP contribution in [-0.2, 0) is 52.3 Å². The van der Waals surface area contributed by atoms with E-state index in [1.54, 1.807) is 42.7 Å². The number of rotatable bonds is 31. The van der Waals surface area contributed by atoms with E-state index in [2.05, 4.69) is 22.9 Å². The van der Waals surface area contributed by atoms with Crippen molar-refractivity contribution in [3.8, 4) is 0 Å². The summed E-state index contributed by atoms with van der Waals surface area (Å²) in [6.07, 6.45) is 0.